The first-order valence-corrected chi connectivity index (χ1v) is 6.56. The van der Waals surface area contributed by atoms with Crippen LogP contribution in [0.5, 0.6) is 0 Å². The summed E-state index contributed by atoms with van der Waals surface area (Å²) in [5.74, 6) is 5.12. The van der Waals surface area contributed by atoms with Crippen molar-refractivity contribution in [1.82, 2.24) is 5.32 Å². The Morgan fingerprint density at radius 2 is 2.10 bits per heavy atom. The van der Waals surface area contributed by atoms with Crippen molar-refractivity contribution in [3.8, 4) is 11.8 Å². The van der Waals surface area contributed by atoms with Crippen LogP contribution in [-0.2, 0) is 11.3 Å². The highest BCUT2D eigenvalue weighted by molar-refractivity contribution is 5.76. The highest BCUT2D eigenvalue weighted by atomic mass is 19.1. The molecule has 1 rings (SSSR count). The van der Waals surface area contributed by atoms with Gasteiger partial charge in [-0.15, -0.1) is 0 Å². The molecule has 0 spiro atoms. The van der Waals surface area contributed by atoms with Crippen LogP contribution in [-0.4, -0.2) is 12.5 Å². The van der Waals surface area contributed by atoms with E-state index >= 15 is 0 Å². The van der Waals surface area contributed by atoms with Gasteiger partial charge in [-0.25, -0.2) is 4.39 Å². The van der Waals surface area contributed by atoms with Gasteiger partial charge in [0.15, 0.2) is 0 Å². The Kier molecular flexibility index (Phi) is 5.72. The lowest BCUT2D eigenvalue weighted by atomic mass is 9.92. The summed E-state index contributed by atoms with van der Waals surface area (Å²) in [4.78, 5) is 11.7. The van der Waals surface area contributed by atoms with E-state index in [1.807, 2.05) is 20.8 Å². The van der Waals surface area contributed by atoms with Crippen LogP contribution in [0.2, 0.25) is 0 Å². The number of carbonyl (C=O) groups is 1. The van der Waals surface area contributed by atoms with Gasteiger partial charge in [-0.3, -0.25) is 4.79 Å². The van der Waals surface area contributed by atoms with Gasteiger partial charge in [0.2, 0.25) is 5.91 Å². The summed E-state index contributed by atoms with van der Waals surface area (Å²) in [7, 11) is 0. The number of nitrogens with two attached hydrogens (primary N) is 1. The third-order valence-electron chi connectivity index (χ3n) is 2.55. The Hall–Kier alpha value is -1.86. The molecule has 20 heavy (non-hydrogen) atoms. The van der Waals surface area contributed by atoms with Crippen molar-refractivity contribution in [3.05, 3.63) is 35.1 Å². The molecule has 3 N–H and O–H groups in total. The average Bonchev–Trinajstić information content (AvgIpc) is 2.34. The van der Waals surface area contributed by atoms with E-state index in [0.717, 1.165) is 0 Å². The van der Waals surface area contributed by atoms with Crippen molar-refractivity contribution in [3.63, 3.8) is 0 Å². The Balaban J connectivity index is 2.70. The molecule has 0 aromatic heterocycles. The third kappa shape index (κ3) is 5.85. The molecule has 0 aliphatic rings. The minimum atomic E-state index is -0.348. The molecule has 0 atom stereocenters. The first-order chi connectivity index (χ1) is 9.31. The van der Waals surface area contributed by atoms with Crippen LogP contribution in [0.15, 0.2) is 18.2 Å². The Bertz CT molecular complexity index is 536. The van der Waals surface area contributed by atoms with E-state index < -0.39 is 0 Å². The van der Waals surface area contributed by atoms with E-state index in [1.54, 1.807) is 12.1 Å². The van der Waals surface area contributed by atoms with Crippen molar-refractivity contribution in [2.75, 3.05) is 6.54 Å². The molecule has 3 nitrogen and oxygen atoms in total. The van der Waals surface area contributed by atoms with E-state index in [-0.39, 0.29) is 30.2 Å². The Labute approximate surface area is 119 Å². The Morgan fingerprint density at radius 3 is 2.70 bits per heavy atom. The highest BCUT2D eigenvalue weighted by Gasteiger charge is 2.15. The largest absolute Gasteiger partial charge is 0.352 e. The lowest BCUT2D eigenvalue weighted by Crippen LogP contribution is -2.27. The monoisotopic (exact) mass is 276 g/mol. The molecule has 0 heterocycles. The standard InChI is InChI=1S/C16H21FN2O/c1-16(2,3)10-15(20)19-11-13-9-12(5-4-8-18)6-7-14(13)17/h6-7,9H,8,10-11,18H2,1-3H3,(H,19,20). The number of benzene rings is 1. The van der Waals surface area contributed by atoms with E-state index in [1.165, 1.54) is 6.07 Å². The molecule has 0 bridgehead atoms. The number of nitrogens with one attached hydrogen (secondary N) is 1. The van der Waals surface area contributed by atoms with Gasteiger partial charge >= 0.3 is 0 Å². The number of hydrogen-bond donors (Lipinski definition) is 2. The Morgan fingerprint density at radius 1 is 1.40 bits per heavy atom. The molecule has 1 aromatic rings. The van der Waals surface area contributed by atoms with Gasteiger partial charge in [0.1, 0.15) is 5.82 Å². The van der Waals surface area contributed by atoms with Gasteiger partial charge in [0.25, 0.3) is 0 Å². The quantitative estimate of drug-likeness (QED) is 0.831. The van der Waals surface area contributed by atoms with Crippen molar-refractivity contribution < 1.29 is 9.18 Å². The number of amides is 1. The topological polar surface area (TPSA) is 55.1 Å². The van der Waals surface area contributed by atoms with Crippen LogP contribution in [0.1, 0.15) is 38.3 Å². The predicted octanol–water partition coefficient (Wildman–Crippen LogP) is 2.19. The molecule has 0 radical (unpaired) electrons. The number of carbonyl (C=O) groups excluding carboxylic acids is 1. The fraction of sp³-hybridized carbons (Fsp3) is 0.438. The number of hydrogen-bond acceptors (Lipinski definition) is 2. The maximum atomic E-state index is 13.7. The van der Waals surface area contributed by atoms with Gasteiger partial charge < -0.3 is 11.1 Å². The molecule has 108 valence electrons. The van der Waals surface area contributed by atoms with Crippen LogP contribution in [0.4, 0.5) is 4.39 Å². The van der Waals surface area contributed by atoms with Gasteiger partial charge in [-0.05, 0) is 23.6 Å². The molecule has 1 aromatic carbocycles. The van der Waals surface area contributed by atoms with Crippen molar-refractivity contribution in [1.29, 1.82) is 0 Å². The second kappa shape index (κ2) is 7.06. The average molecular weight is 276 g/mol. The summed E-state index contributed by atoms with van der Waals surface area (Å²) in [6.07, 6.45) is 0.404. The summed E-state index contributed by atoms with van der Waals surface area (Å²) in [6, 6.07) is 4.58. The fourth-order valence-corrected chi connectivity index (χ4v) is 1.68. The van der Waals surface area contributed by atoms with E-state index in [2.05, 4.69) is 17.2 Å². The molecule has 0 aliphatic heterocycles. The smallest absolute Gasteiger partial charge is 0.220 e. The van der Waals surface area contributed by atoms with E-state index in [9.17, 15) is 9.18 Å². The molecule has 0 aliphatic carbocycles. The predicted molar refractivity (Wildman–Crippen MR) is 78.3 cm³/mol. The molecule has 1 amide bonds. The second-order valence-corrected chi connectivity index (χ2v) is 5.83. The van der Waals surface area contributed by atoms with Gasteiger partial charge in [0, 0.05) is 24.1 Å². The second-order valence-electron chi connectivity index (χ2n) is 5.83. The molecular formula is C16H21FN2O. The summed E-state index contributed by atoms with van der Waals surface area (Å²) in [5, 5.41) is 2.73. The molecule has 0 saturated carbocycles. The summed E-state index contributed by atoms with van der Waals surface area (Å²) < 4.78 is 13.7. The first kappa shape index (κ1) is 16.2. The number of rotatable bonds is 3. The van der Waals surface area contributed by atoms with Gasteiger partial charge in [0.05, 0.1) is 6.54 Å². The molecular weight excluding hydrogens is 255 g/mol. The maximum Gasteiger partial charge on any atom is 0.220 e. The summed E-state index contributed by atoms with van der Waals surface area (Å²) in [6.45, 7) is 6.37. The zero-order valence-electron chi connectivity index (χ0n) is 12.2. The molecule has 0 unspecified atom stereocenters. The van der Waals surface area contributed by atoms with Crippen LogP contribution in [0.3, 0.4) is 0 Å². The maximum absolute atomic E-state index is 13.7. The fourth-order valence-electron chi connectivity index (χ4n) is 1.68. The zero-order chi connectivity index (χ0) is 15.2. The minimum Gasteiger partial charge on any atom is -0.352 e. The first-order valence-electron chi connectivity index (χ1n) is 6.56. The van der Waals surface area contributed by atoms with Crippen LogP contribution >= 0.6 is 0 Å². The summed E-state index contributed by atoms with van der Waals surface area (Å²) in [5.41, 5.74) is 6.33. The van der Waals surface area contributed by atoms with Crippen molar-refractivity contribution in [2.24, 2.45) is 11.1 Å². The highest BCUT2D eigenvalue weighted by Crippen LogP contribution is 2.18. The zero-order valence-corrected chi connectivity index (χ0v) is 12.2. The SMILES string of the molecule is CC(C)(C)CC(=O)NCc1cc(C#CCN)ccc1F. The minimum absolute atomic E-state index is 0.0862. The lowest BCUT2D eigenvalue weighted by molar-refractivity contribution is -0.122. The lowest BCUT2D eigenvalue weighted by Gasteiger charge is -2.17. The van der Waals surface area contributed by atoms with Crippen molar-refractivity contribution in [2.45, 2.75) is 33.7 Å². The van der Waals surface area contributed by atoms with Crippen LogP contribution < -0.4 is 11.1 Å². The van der Waals surface area contributed by atoms with E-state index in [0.29, 0.717) is 17.5 Å². The van der Waals surface area contributed by atoms with Crippen LogP contribution in [0, 0.1) is 23.1 Å². The van der Waals surface area contributed by atoms with Crippen LogP contribution in [0.25, 0.3) is 0 Å². The molecule has 0 saturated heterocycles. The van der Waals surface area contributed by atoms with Gasteiger partial charge in [-0.1, -0.05) is 32.6 Å². The third-order valence-corrected chi connectivity index (χ3v) is 2.55. The van der Waals surface area contributed by atoms with Gasteiger partial charge in [-0.2, -0.15) is 0 Å². The van der Waals surface area contributed by atoms with E-state index in [4.69, 9.17) is 5.73 Å². The molecule has 4 heteroatoms. The number of halogens is 1. The molecule has 0 fully saturated rings. The van der Waals surface area contributed by atoms with Crippen molar-refractivity contribution >= 4 is 5.91 Å². The normalized spacial score (nSPS) is 10.7. The summed E-state index contributed by atoms with van der Waals surface area (Å²) >= 11 is 0.